The largest absolute Gasteiger partial charge is 0.495 e. The van der Waals surface area contributed by atoms with E-state index in [4.69, 9.17) is 4.74 Å². The van der Waals surface area contributed by atoms with Crippen LogP contribution in [0.2, 0.25) is 0 Å². The zero-order valence-corrected chi connectivity index (χ0v) is 12.9. The highest BCUT2D eigenvalue weighted by Gasteiger charge is 2.19. The second-order valence-electron chi connectivity index (χ2n) is 4.92. The number of rotatable bonds is 5. The smallest absolute Gasteiger partial charge is 0.147 e. The van der Waals surface area contributed by atoms with E-state index in [9.17, 15) is 4.39 Å². The molecule has 0 saturated carbocycles. The number of hydrogen-bond acceptors (Lipinski definition) is 3. The van der Waals surface area contributed by atoms with Gasteiger partial charge in [-0.1, -0.05) is 24.3 Å². The first-order chi connectivity index (χ1) is 10.1. The average molecular weight is 288 g/mol. The van der Waals surface area contributed by atoms with Crippen molar-refractivity contribution < 1.29 is 9.13 Å². The molecule has 2 aromatic carbocycles. The number of ether oxygens (including phenoxy) is 1. The fourth-order valence-electron chi connectivity index (χ4n) is 2.42. The molecule has 2 rings (SSSR count). The molecule has 3 nitrogen and oxygen atoms in total. The number of halogens is 1. The Morgan fingerprint density at radius 1 is 1.14 bits per heavy atom. The molecule has 0 aliphatic rings. The normalized spacial score (nSPS) is 12.0. The van der Waals surface area contributed by atoms with E-state index >= 15 is 0 Å². The summed E-state index contributed by atoms with van der Waals surface area (Å²) in [6, 6.07) is 12.8. The maximum Gasteiger partial charge on any atom is 0.147 e. The van der Waals surface area contributed by atoms with Gasteiger partial charge in [0.15, 0.2) is 0 Å². The molecule has 0 spiro atoms. The van der Waals surface area contributed by atoms with Crippen molar-refractivity contribution in [2.24, 2.45) is 0 Å². The zero-order chi connectivity index (χ0) is 15.4. The fraction of sp³-hybridized carbons (Fsp3) is 0.294. The van der Waals surface area contributed by atoms with Crippen molar-refractivity contribution in [1.82, 2.24) is 5.32 Å². The minimum atomic E-state index is -0.247. The van der Waals surface area contributed by atoms with E-state index in [-0.39, 0.29) is 11.9 Å². The molecular weight excluding hydrogens is 267 g/mol. The van der Waals surface area contributed by atoms with Gasteiger partial charge in [-0.3, -0.25) is 0 Å². The summed E-state index contributed by atoms with van der Waals surface area (Å²) in [7, 11) is 5.33. The van der Waals surface area contributed by atoms with Crippen LogP contribution in [0.4, 0.5) is 15.8 Å². The molecule has 0 radical (unpaired) electrons. The molecule has 1 N–H and O–H groups in total. The molecule has 2 aromatic rings. The summed E-state index contributed by atoms with van der Waals surface area (Å²) in [6.45, 7) is 2.01. The molecule has 4 heteroatoms. The Bertz CT molecular complexity index is 615. The average Bonchev–Trinajstić information content (AvgIpc) is 2.53. The van der Waals surface area contributed by atoms with Crippen LogP contribution >= 0.6 is 0 Å². The van der Waals surface area contributed by atoms with E-state index < -0.39 is 0 Å². The molecule has 0 bridgehead atoms. The van der Waals surface area contributed by atoms with Gasteiger partial charge in [0.05, 0.1) is 18.5 Å². The molecule has 0 aromatic heterocycles. The van der Waals surface area contributed by atoms with Gasteiger partial charge in [0.25, 0.3) is 0 Å². The molecule has 1 unspecified atom stereocenters. The van der Waals surface area contributed by atoms with E-state index in [2.05, 4.69) is 5.32 Å². The van der Waals surface area contributed by atoms with Crippen molar-refractivity contribution in [3.63, 3.8) is 0 Å². The highest BCUT2D eigenvalue weighted by atomic mass is 19.1. The summed E-state index contributed by atoms with van der Waals surface area (Å²) in [4.78, 5) is 1.83. The predicted octanol–water partition coefficient (Wildman–Crippen LogP) is 3.88. The third kappa shape index (κ3) is 3.00. The second-order valence-corrected chi connectivity index (χ2v) is 4.92. The molecule has 0 heterocycles. The first-order valence-electron chi connectivity index (χ1n) is 6.92. The number of hydrogen-bond donors (Lipinski definition) is 1. The highest BCUT2D eigenvalue weighted by Crippen LogP contribution is 2.37. The number of anilines is 2. The molecule has 0 saturated heterocycles. The third-order valence-electron chi connectivity index (χ3n) is 3.70. The van der Waals surface area contributed by atoms with Gasteiger partial charge in [0.2, 0.25) is 0 Å². The first-order valence-corrected chi connectivity index (χ1v) is 6.92. The van der Waals surface area contributed by atoms with Crippen LogP contribution in [-0.4, -0.2) is 21.2 Å². The Kier molecular flexibility index (Phi) is 4.81. The van der Waals surface area contributed by atoms with E-state index in [1.807, 2.05) is 56.3 Å². The van der Waals surface area contributed by atoms with Crippen LogP contribution in [0, 0.1) is 5.82 Å². The number of nitrogens with zero attached hydrogens (tertiary/aromatic N) is 1. The van der Waals surface area contributed by atoms with Crippen LogP contribution in [0.5, 0.6) is 5.75 Å². The van der Waals surface area contributed by atoms with E-state index in [0.29, 0.717) is 11.4 Å². The van der Waals surface area contributed by atoms with Crippen LogP contribution in [-0.2, 0) is 0 Å². The number of para-hydroxylation sites is 3. The lowest BCUT2D eigenvalue weighted by Gasteiger charge is -2.26. The SMILES string of the molecule is CNC(C)c1cccc(F)c1N(C)c1ccccc1OC. The summed E-state index contributed by atoms with van der Waals surface area (Å²) in [5, 5.41) is 3.16. The summed E-state index contributed by atoms with van der Waals surface area (Å²) < 4.78 is 19.8. The Balaban J connectivity index is 2.55. The lowest BCUT2D eigenvalue weighted by atomic mass is 10.0. The molecular formula is C17H21FN2O. The fourth-order valence-corrected chi connectivity index (χ4v) is 2.42. The molecule has 21 heavy (non-hydrogen) atoms. The molecule has 0 amide bonds. The Morgan fingerprint density at radius 3 is 2.52 bits per heavy atom. The maximum absolute atomic E-state index is 14.4. The molecule has 0 fully saturated rings. The maximum atomic E-state index is 14.4. The third-order valence-corrected chi connectivity index (χ3v) is 3.70. The van der Waals surface area contributed by atoms with Crippen molar-refractivity contribution in [3.8, 4) is 5.75 Å². The Labute approximate surface area is 125 Å². The molecule has 1 atom stereocenters. The van der Waals surface area contributed by atoms with Crippen LogP contribution in [0.3, 0.4) is 0 Å². The molecule has 0 aliphatic carbocycles. The molecule has 0 aliphatic heterocycles. The predicted molar refractivity (Wildman–Crippen MR) is 84.9 cm³/mol. The van der Waals surface area contributed by atoms with Crippen molar-refractivity contribution in [2.75, 3.05) is 26.1 Å². The minimum absolute atomic E-state index is 0.0489. The van der Waals surface area contributed by atoms with Crippen molar-refractivity contribution in [1.29, 1.82) is 0 Å². The van der Waals surface area contributed by atoms with Crippen molar-refractivity contribution in [3.05, 3.63) is 53.8 Å². The van der Waals surface area contributed by atoms with Crippen LogP contribution in [0.1, 0.15) is 18.5 Å². The monoisotopic (exact) mass is 288 g/mol. The van der Waals surface area contributed by atoms with Crippen molar-refractivity contribution >= 4 is 11.4 Å². The lowest BCUT2D eigenvalue weighted by Crippen LogP contribution is -2.19. The summed E-state index contributed by atoms with van der Waals surface area (Å²) in [6.07, 6.45) is 0. The first kappa shape index (κ1) is 15.3. The zero-order valence-electron chi connectivity index (χ0n) is 12.9. The van der Waals surface area contributed by atoms with Gasteiger partial charge < -0.3 is 15.0 Å². The quantitative estimate of drug-likeness (QED) is 0.903. The van der Waals surface area contributed by atoms with E-state index in [0.717, 1.165) is 11.3 Å². The second kappa shape index (κ2) is 6.59. The topological polar surface area (TPSA) is 24.5 Å². The van der Waals surface area contributed by atoms with Crippen LogP contribution in [0.25, 0.3) is 0 Å². The van der Waals surface area contributed by atoms with Gasteiger partial charge in [-0.05, 0) is 37.7 Å². The summed E-state index contributed by atoms with van der Waals surface area (Å²) in [5.74, 6) is 0.467. The molecule has 112 valence electrons. The van der Waals surface area contributed by atoms with E-state index in [1.54, 1.807) is 13.2 Å². The van der Waals surface area contributed by atoms with E-state index in [1.165, 1.54) is 6.07 Å². The van der Waals surface area contributed by atoms with Gasteiger partial charge in [0.1, 0.15) is 11.6 Å². The number of nitrogens with one attached hydrogen (secondary N) is 1. The van der Waals surface area contributed by atoms with Gasteiger partial charge in [-0.25, -0.2) is 4.39 Å². The Hall–Kier alpha value is -2.07. The van der Waals surface area contributed by atoms with Gasteiger partial charge in [-0.15, -0.1) is 0 Å². The standard InChI is InChI=1S/C17H21FN2O/c1-12(19-2)13-8-7-9-14(18)17(13)20(3)15-10-5-6-11-16(15)21-4/h5-12,19H,1-4H3. The van der Waals surface area contributed by atoms with Gasteiger partial charge in [0, 0.05) is 13.1 Å². The number of benzene rings is 2. The van der Waals surface area contributed by atoms with Gasteiger partial charge >= 0.3 is 0 Å². The Morgan fingerprint density at radius 2 is 1.86 bits per heavy atom. The highest BCUT2D eigenvalue weighted by molar-refractivity contribution is 5.71. The lowest BCUT2D eigenvalue weighted by molar-refractivity contribution is 0.415. The van der Waals surface area contributed by atoms with Crippen LogP contribution < -0.4 is 15.0 Å². The van der Waals surface area contributed by atoms with Crippen molar-refractivity contribution in [2.45, 2.75) is 13.0 Å². The minimum Gasteiger partial charge on any atom is -0.495 e. The summed E-state index contributed by atoms with van der Waals surface area (Å²) >= 11 is 0. The summed E-state index contributed by atoms with van der Waals surface area (Å²) in [5.41, 5.74) is 2.30. The van der Waals surface area contributed by atoms with Gasteiger partial charge in [-0.2, -0.15) is 0 Å². The van der Waals surface area contributed by atoms with Crippen LogP contribution in [0.15, 0.2) is 42.5 Å². The number of methoxy groups -OCH3 is 1.